The van der Waals surface area contributed by atoms with Crippen molar-refractivity contribution in [3.05, 3.63) is 52.9 Å². The molecule has 0 unspecified atom stereocenters. The summed E-state index contributed by atoms with van der Waals surface area (Å²) in [5, 5.41) is 0. The molecule has 3 nitrogen and oxygen atoms in total. The van der Waals surface area contributed by atoms with Crippen LogP contribution in [0.4, 0.5) is 0 Å². The average Bonchev–Trinajstić information content (AvgIpc) is 2.28. The third-order valence-corrected chi connectivity index (χ3v) is 1.85. The van der Waals surface area contributed by atoms with Gasteiger partial charge < -0.3 is 9.58 Å². The largest absolute Gasteiger partial charge is 0.466 e. The number of rotatable bonds is 3. The molecule has 0 saturated heterocycles. The molecule has 0 amide bonds. The lowest BCUT2D eigenvalue weighted by Crippen LogP contribution is -1.93. The summed E-state index contributed by atoms with van der Waals surface area (Å²) >= 11 is 0. The maximum absolute atomic E-state index is 10.8. The second-order valence-corrected chi connectivity index (χ2v) is 2.91. The van der Waals surface area contributed by atoms with Crippen molar-refractivity contribution in [3.8, 4) is 0 Å². The highest BCUT2D eigenvalue weighted by molar-refractivity contribution is 5.86. The summed E-state index contributed by atoms with van der Waals surface area (Å²) in [6, 6.07) is 7.46. The number of carbonyl (C=O) groups is 1. The van der Waals surface area contributed by atoms with E-state index in [9.17, 15) is 4.79 Å². The molecule has 0 saturated carbocycles. The van der Waals surface area contributed by atoms with Crippen LogP contribution in [0, 0.1) is 6.57 Å². The predicted octanol–water partition coefficient (Wildman–Crippen LogP) is 2.29. The molecule has 0 atom stereocenters. The number of carbonyl (C=O) groups excluding carboxylic acids is 1. The van der Waals surface area contributed by atoms with Crippen LogP contribution in [-0.2, 0) is 16.1 Å². The van der Waals surface area contributed by atoms with Gasteiger partial charge in [0.2, 0.25) is 6.54 Å². The highest BCUT2D eigenvalue weighted by Gasteiger charge is 1.95. The number of hydrogen-bond acceptors (Lipinski definition) is 2. The summed E-state index contributed by atoms with van der Waals surface area (Å²) in [5.74, 6) is -0.375. The fourth-order valence-corrected chi connectivity index (χ4v) is 1.06. The van der Waals surface area contributed by atoms with Crippen LogP contribution >= 0.6 is 0 Å². The molecule has 15 heavy (non-hydrogen) atoms. The van der Waals surface area contributed by atoms with Crippen LogP contribution in [-0.4, -0.2) is 13.1 Å². The van der Waals surface area contributed by atoms with Crippen molar-refractivity contribution in [2.45, 2.75) is 6.54 Å². The SMILES string of the molecule is [C-]#[N+]Cc1ccc(/C=C/C(=O)OC)cc1. The smallest absolute Gasteiger partial charge is 0.330 e. The molecule has 76 valence electrons. The van der Waals surface area contributed by atoms with Crippen LogP contribution in [0.25, 0.3) is 10.9 Å². The van der Waals surface area contributed by atoms with Crippen molar-refractivity contribution in [2.75, 3.05) is 7.11 Å². The number of ether oxygens (including phenoxy) is 1. The second kappa shape index (κ2) is 5.61. The minimum atomic E-state index is -0.375. The topological polar surface area (TPSA) is 30.7 Å². The van der Waals surface area contributed by atoms with Crippen molar-refractivity contribution < 1.29 is 9.53 Å². The van der Waals surface area contributed by atoms with Crippen LogP contribution in [0.2, 0.25) is 0 Å². The van der Waals surface area contributed by atoms with Crippen LogP contribution in [0.5, 0.6) is 0 Å². The van der Waals surface area contributed by atoms with E-state index in [-0.39, 0.29) is 5.97 Å². The van der Waals surface area contributed by atoms with Crippen molar-refractivity contribution >= 4 is 12.0 Å². The highest BCUT2D eigenvalue weighted by atomic mass is 16.5. The van der Waals surface area contributed by atoms with E-state index >= 15 is 0 Å². The Hall–Kier alpha value is -2.08. The lowest BCUT2D eigenvalue weighted by atomic mass is 10.1. The van der Waals surface area contributed by atoms with E-state index in [0.717, 1.165) is 11.1 Å². The Bertz CT molecular complexity index is 399. The minimum absolute atomic E-state index is 0.375. The summed E-state index contributed by atoms with van der Waals surface area (Å²) < 4.78 is 4.47. The maximum Gasteiger partial charge on any atom is 0.330 e. The van der Waals surface area contributed by atoms with Gasteiger partial charge in [-0.15, -0.1) is 0 Å². The van der Waals surface area contributed by atoms with Gasteiger partial charge in [-0.05, 0) is 11.6 Å². The van der Waals surface area contributed by atoms with E-state index in [4.69, 9.17) is 6.57 Å². The molecule has 3 heteroatoms. The first-order valence-electron chi connectivity index (χ1n) is 4.44. The number of nitrogens with zero attached hydrogens (tertiary/aromatic N) is 1. The summed E-state index contributed by atoms with van der Waals surface area (Å²) in [6.45, 7) is 7.10. The van der Waals surface area contributed by atoms with Gasteiger partial charge in [-0.2, -0.15) is 0 Å². The van der Waals surface area contributed by atoms with E-state index < -0.39 is 0 Å². The van der Waals surface area contributed by atoms with E-state index in [2.05, 4.69) is 9.58 Å². The molecular formula is C12H11NO2. The third-order valence-electron chi connectivity index (χ3n) is 1.85. The highest BCUT2D eigenvalue weighted by Crippen LogP contribution is 2.07. The molecule has 0 aliphatic heterocycles. The Balaban J connectivity index is 2.69. The zero-order chi connectivity index (χ0) is 11.1. The Morgan fingerprint density at radius 1 is 1.47 bits per heavy atom. The summed E-state index contributed by atoms with van der Waals surface area (Å²) in [6.07, 6.45) is 3.04. The Kier molecular flexibility index (Phi) is 4.11. The fraction of sp³-hybridized carbons (Fsp3) is 0.167. The predicted molar refractivity (Wildman–Crippen MR) is 57.8 cm³/mol. The van der Waals surface area contributed by atoms with E-state index in [0.29, 0.717) is 6.54 Å². The molecule has 0 fully saturated rings. The Morgan fingerprint density at radius 2 is 2.13 bits per heavy atom. The van der Waals surface area contributed by atoms with Crippen LogP contribution < -0.4 is 0 Å². The summed E-state index contributed by atoms with van der Waals surface area (Å²) in [5.41, 5.74) is 1.88. The van der Waals surface area contributed by atoms with Gasteiger partial charge in [-0.25, -0.2) is 11.4 Å². The fourth-order valence-electron chi connectivity index (χ4n) is 1.06. The van der Waals surface area contributed by atoms with Crippen LogP contribution in [0.15, 0.2) is 30.3 Å². The Morgan fingerprint density at radius 3 is 2.67 bits per heavy atom. The molecule has 0 aliphatic rings. The normalized spacial score (nSPS) is 9.87. The molecule has 0 aliphatic carbocycles. The van der Waals surface area contributed by atoms with Crippen molar-refractivity contribution in [1.29, 1.82) is 0 Å². The van der Waals surface area contributed by atoms with Gasteiger partial charge in [0.15, 0.2) is 0 Å². The van der Waals surface area contributed by atoms with Crippen molar-refractivity contribution in [3.63, 3.8) is 0 Å². The number of hydrogen-bond donors (Lipinski definition) is 0. The molecule has 1 aromatic rings. The monoisotopic (exact) mass is 201 g/mol. The standard InChI is InChI=1S/C12H11NO2/c1-13-9-11-5-3-10(4-6-11)7-8-12(14)15-2/h3-8H,9H2,2H3/b8-7+. The molecule has 0 spiro atoms. The lowest BCUT2D eigenvalue weighted by Gasteiger charge is -1.94. The van der Waals surface area contributed by atoms with E-state index in [1.165, 1.54) is 13.2 Å². The molecule has 0 N–H and O–H groups in total. The van der Waals surface area contributed by atoms with Crippen molar-refractivity contribution in [2.24, 2.45) is 0 Å². The van der Waals surface area contributed by atoms with Gasteiger partial charge in [0.25, 0.3) is 0 Å². The molecular weight excluding hydrogens is 190 g/mol. The average molecular weight is 201 g/mol. The minimum Gasteiger partial charge on any atom is -0.466 e. The van der Waals surface area contributed by atoms with Gasteiger partial charge in [0.1, 0.15) is 0 Å². The van der Waals surface area contributed by atoms with E-state index in [1.54, 1.807) is 6.08 Å². The Labute approximate surface area is 88.8 Å². The number of esters is 1. The van der Waals surface area contributed by atoms with Gasteiger partial charge in [-0.3, -0.25) is 0 Å². The third kappa shape index (κ3) is 3.65. The van der Waals surface area contributed by atoms with Gasteiger partial charge in [0, 0.05) is 11.6 Å². The van der Waals surface area contributed by atoms with Crippen LogP contribution in [0.3, 0.4) is 0 Å². The van der Waals surface area contributed by atoms with E-state index in [1.807, 2.05) is 24.3 Å². The first-order chi connectivity index (χ1) is 7.26. The van der Waals surface area contributed by atoms with Gasteiger partial charge in [0.05, 0.1) is 7.11 Å². The molecule has 1 aromatic carbocycles. The zero-order valence-corrected chi connectivity index (χ0v) is 8.43. The van der Waals surface area contributed by atoms with Gasteiger partial charge >= 0.3 is 5.97 Å². The van der Waals surface area contributed by atoms with Crippen molar-refractivity contribution in [1.82, 2.24) is 0 Å². The molecule has 0 aromatic heterocycles. The first-order valence-corrected chi connectivity index (χ1v) is 4.44. The zero-order valence-electron chi connectivity index (χ0n) is 8.43. The van der Waals surface area contributed by atoms with Gasteiger partial charge in [-0.1, -0.05) is 24.3 Å². The molecule has 0 radical (unpaired) electrons. The number of benzene rings is 1. The molecule has 1 rings (SSSR count). The second-order valence-electron chi connectivity index (χ2n) is 2.91. The molecule has 0 heterocycles. The summed E-state index contributed by atoms with van der Waals surface area (Å²) in [7, 11) is 1.34. The maximum atomic E-state index is 10.8. The first kappa shape index (κ1) is 11.0. The summed E-state index contributed by atoms with van der Waals surface area (Å²) in [4.78, 5) is 14.1. The lowest BCUT2D eigenvalue weighted by molar-refractivity contribution is -0.134. The van der Waals surface area contributed by atoms with Crippen LogP contribution in [0.1, 0.15) is 11.1 Å². The number of methoxy groups -OCH3 is 1. The quantitative estimate of drug-likeness (QED) is 0.426. The molecule has 0 bridgehead atoms.